The predicted molar refractivity (Wildman–Crippen MR) is 129 cm³/mol. The molecule has 0 radical (unpaired) electrons. The fourth-order valence-electron chi connectivity index (χ4n) is 2.59. The summed E-state index contributed by atoms with van der Waals surface area (Å²) in [4.78, 5) is 19.6. The Morgan fingerprint density at radius 3 is 2.39 bits per heavy atom. The van der Waals surface area contributed by atoms with Gasteiger partial charge in [-0.3, -0.25) is 9.69 Å². The van der Waals surface area contributed by atoms with Gasteiger partial charge in [0.1, 0.15) is 11.6 Å². The number of ether oxygens (including phenoxy) is 1. The molecule has 0 unspecified atom stereocenters. The van der Waals surface area contributed by atoms with Gasteiger partial charge >= 0.3 is 0 Å². The summed E-state index contributed by atoms with van der Waals surface area (Å²) < 4.78 is 20.8. The second-order valence-corrected chi connectivity index (χ2v) is 9.11. The van der Waals surface area contributed by atoms with Crippen LogP contribution in [0.15, 0.2) is 46.3 Å². The number of hydrogen-bond donors (Lipinski definition) is 0. The van der Waals surface area contributed by atoms with Crippen LogP contribution in [0.2, 0.25) is 0 Å². The van der Waals surface area contributed by atoms with Crippen molar-refractivity contribution < 1.29 is 13.9 Å². The van der Waals surface area contributed by atoms with E-state index in [2.05, 4.69) is 50.2 Å². The summed E-state index contributed by atoms with van der Waals surface area (Å²) >= 11 is 5.82. The molecule has 1 fully saturated rings. The summed E-state index contributed by atoms with van der Waals surface area (Å²) in [7, 11) is 0. The van der Waals surface area contributed by atoms with Gasteiger partial charge in [0.2, 0.25) is 0 Å². The van der Waals surface area contributed by atoms with Crippen LogP contribution in [0.3, 0.4) is 0 Å². The molecule has 2 aromatic rings. The zero-order valence-corrected chi connectivity index (χ0v) is 20.3. The number of carbonyl (C=O) groups is 1. The van der Waals surface area contributed by atoms with E-state index in [0.29, 0.717) is 28.9 Å². The van der Waals surface area contributed by atoms with Gasteiger partial charge in [-0.05, 0) is 119 Å². The van der Waals surface area contributed by atoms with Crippen molar-refractivity contribution in [3.63, 3.8) is 0 Å². The first-order valence-corrected chi connectivity index (χ1v) is 11.6. The van der Waals surface area contributed by atoms with E-state index in [1.807, 2.05) is 32.1 Å². The number of amides is 1. The molecule has 0 spiro atoms. The number of hydrogen-bond acceptors (Lipinski definition) is 4. The zero-order valence-electron chi connectivity index (χ0n) is 15.2. The van der Waals surface area contributed by atoms with Gasteiger partial charge in [-0.15, -0.1) is 0 Å². The number of rotatable bonds is 5. The van der Waals surface area contributed by atoms with Crippen molar-refractivity contribution in [1.29, 1.82) is 0 Å². The largest absolute Gasteiger partial charge is 0.492 e. The number of thioether (sulfide) groups is 1. The predicted octanol–water partition coefficient (Wildman–Crippen LogP) is 6.06. The first-order chi connectivity index (χ1) is 13.4. The molecule has 1 aliphatic rings. The maximum Gasteiger partial charge on any atom is 0.266 e. The number of likely N-dealkylation sites (N-methyl/N-ethyl adjacent to an activating group) is 1. The third kappa shape index (κ3) is 4.88. The smallest absolute Gasteiger partial charge is 0.266 e. The van der Waals surface area contributed by atoms with Gasteiger partial charge in [-0.2, -0.15) is 0 Å². The molecule has 8 heteroatoms. The molecule has 1 aliphatic heterocycles. The van der Waals surface area contributed by atoms with Crippen LogP contribution >= 0.6 is 56.9 Å². The summed E-state index contributed by atoms with van der Waals surface area (Å²) in [6, 6.07) is 9.91. The summed E-state index contributed by atoms with van der Waals surface area (Å²) in [5.41, 5.74) is 1.55. The van der Waals surface area contributed by atoms with Crippen LogP contribution in [0.4, 0.5) is 10.1 Å². The highest BCUT2D eigenvalue weighted by Crippen LogP contribution is 2.36. The van der Waals surface area contributed by atoms with Crippen molar-refractivity contribution in [3.05, 3.63) is 59.8 Å². The topological polar surface area (TPSA) is 41.9 Å². The minimum absolute atomic E-state index is 0.0766. The number of aliphatic imine (C=N–C) groups is 1. The molecular formula is C20H17FI2N2O2S. The Bertz CT molecular complexity index is 938. The monoisotopic (exact) mass is 622 g/mol. The maximum absolute atomic E-state index is 13.1. The normalized spacial score (nSPS) is 17.0. The molecule has 2 aromatic carbocycles. The van der Waals surface area contributed by atoms with Crippen LogP contribution < -0.4 is 4.74 Å². The fourth-order valence-corrected chi connectivity index (χ4v) is 5.78. The molecule has 0 aromatic heterocycles. The molecule has 1 saturated heterocycles. The maximum atomic E-state index is 13.1. The average Bonchev–Trinajstić information content (AvgIpc) is 2.94. The minimum Gasteiger partial charge on any atom is -0.492 e. The summed E-state index contributed by atoms with van der Waals surface area (Å²) in [6.45, 7) is 4.98. The number of amidine groups is 1. The van der Waals surface area contributed by atoms with Gasteiger partial charge in [-0.1, -0.05) is 0 Å². The fraction of sp³-hybridized carbons (Fsp3) is 0.200. The van der Waals surface area contributed by atoms with E-state index in [9.17, 15) is 9.18 Å². The van der Waals surface area contributed by atoms with E-state index >= 15 is 0 Å². The van der Waals surface area contributed by atoms with Gasteiger partial charge < -0.3 is 4.74 Å². The molecule has 1 heterocycles. The summed E-state index contributed by atoms with van der Waals surface area (Å²) in [5, 5.41) is 0.598. The second-order valence-electron chi connectivity index (χ2n) is 5.78. The highest BCUT2D eigenvalue weighted by atomic mass is 127. The number of benzene rings is 2. The minimum atomic E-state index is -0.313. The molecule has 4 nitrogen and oxygen atoms in total. The van der Waals surface area contributed by atoms with Crippen molar-refractivity contribution in [2.45, 2.75) is 13.8 Å². The molecule has 28 heavy (non-hydrogen) atoms. The first kappa shape index (κ1) is 21.6. The molecular weight excluding hydrogens is 605 g/mol. The number of nitrogens with zero attached hydrogens (tertiary/aromatic N) is 2. The molecule has 1 amide bonds. The van der Waals surface area contributed by atoms with Crippen LogP contribution in [0.1, 0.15) is 19.4 Å². The lowest BCUT2D eigenvalue weighted by atomic mass is 10.2. The lowest BCUT2D eigenvalue weighted by Crippen LogP contribution is -2.28. The third-order valence-electron chi connectivity index (χ3n) is 3.86. The Hall–Kier alpha value is -1.14. The molecule has 0 N–H and O–H groups in total. The van der Waals surface area contributed by atoms with Crippen LogP contribution in [0.5, 0.6) is 5.75 Å². The Kier molecular flexibility index (Phi) is 7.37. The molecule has 0 bridgehead atoms. The quantitative estimate of drug-likeness (QED) is 0.301. The standard InChI is InChI=1S/C20H17FI2N2O2S/c1-3-25-19(26)17(28-20(25)24-14-7-5-13(21)6-8-14)11-12-9-15(22)18(27-4-2)16(23)10-12/h5-11H,3-4H2,1-2H3/b17-11+,24-20?. The SMILES string of the molecule is CCOc1c(I)cc(/C=C2/SC(=Nc3ccc(F)cc3)N(CC)C2=O)cc1I. The van der Waals surface area contributed by atoms with Gasteiger partial charge in [0.15, 0.2) is 5.17 Å². The first-order valence-electron chi connectivity index (χ1n) is 8.60. The van der Waals surface area contributed by atoms with Crippen LogP contribution in [0, 0.1) is 13.0 Å². The highest BCUT2D eigenvalue weighted by Gasteiger charge is 2.32. The summed E-state index contributed by atoms with van der Waals surface area (Å²) in [5.74, 6) is 0.476. The molecule has 0 atom stereocenters. The van der Waals surface area contributed by atoms with Crippen LogP contribution in [0.25, 0.3) is 6.08 Å². The van der Waals surface area contributed by atoms with E-state index in [4.69, 9.17) is 4.74 Å². The van der Waals surface area contributed by atoms with Gasteiger partial charge in [0, 0.05) is 6.54 Å². The van der Waals surface area contributed by atoms with Crippen molar-refractivity contribution in [2.75, 3.05) is 13.2 Å². The van der Waals surface area contributed by atoms with Crippen molar-refractivity contribution in [2.24, 2.45) is 4.99 Å². The Morgan fingerprint density at radius 2 is 1.82 bits per heavy atom. The molecule has 146 valence electrons. The van der Waals surface area contributed by atoms with E-state index in [1.165, 1.54) is 23.9 Å². The third-order valence-corrected chi connectivity index (χ3v) is 6.47. The zero-order chi connectivity index (χ0) is 20.3. The Labute approximate surface area is 194 Å². The Balaban J connectivity index is 1.92. The van der Waals surface area contributed by atoms with Crippen molar-refractivity contribution in [1.82, 2.24) is 4.90 Å². The van der Waals surface area contributed by atoms with Crippen LogP contribution in [-0.2, 0) is 4.79 Å². The van der Waals surface area contributed by atoms with E-state index in [1.54, 1.807) is 17.0 Å². The highest BCUT2D eigenvalue weighted by molar-refractivity contribution is 14.1. The van der Waals surface area contributed by atoms with Crippen molar-refractivity contribution in [3.8, 4) is 5.75 Å². The number of carbonyl (C=O) groups excluding carboxylic acids is 1. The second kappa shape index (κ2) is 9.57. The van der Waals surface area contributed by atoms with Gasteiger partial charge in [-0.25, -0.2) is 9.38 Å². The van der Waals surface area contributed by atoms with E-state index < -0.39 is 0 Å². The van der Waals surface area contributed by atoms with Crippen LogP contribution in [-0.4, -0.2) is 29.1 Å². The number of halogens is 3. The molecule has 0 aliphatic carbocycles. The van der Waals surface area contributed by atoms with Gasteiger partial charge in [0.05, 0.1) is 24.3 Å². The lowest BCUT2D eigenvalue weighted by Gasteiger charge is -2.12. The van der Waals surface area contributed by atoms with Gasteiger partial charge in [0.25, 0.3) is 5.91 Å². The molecule has 3 rings (SSSR count). The van der Waals surface area contributed by atoms with E-state index in [-0.39, 0.29) is 11.7 Å². The van der Waals surface area contributed by atoms with E-state index in [0.717, 1.165) is 18.5 Å². The summed E-state index contributed by atoms with van der Waals surface area (Å²) in [6.07, 6.45) is 1.88. The average molecular weight is 622 g/mol. The Morgan fingerprint density at radius 1 is 1.18 bits per heavy atom. The van der Waals surface area contributed by atoms with Crippen molar-refractivity contribution >= 4 is 79.8 Å². The molecule has 0 saturated carbocycles. The lowest BCUT2D eigenvalue weighted by molar-refractivity contribution is -0.122.